The highest BCUT2D eigenvalue weighted by Crippen LogP contribution is 2.10. The number of carboxylic acids is 1. The molecule has 0 aromatic heterocycles. The van der Waals surface area contributed by atoms with Crippen molar-refractivity contribution in [3.63, 3.8) is 0 Å². The normalized spacial score (nSPS) is 11.7. The molecule has 20 heavy (non-hydrogen) atoms. The summed E-state index contributed by atoms with van der Waals surface area (Å²) in [5.74, 6) is -1.13. The fraction of sp³-hybridized carbons (Fsp3) is 0.333. The molecule has 0 aliphatic carbocycles. The van der Waals surface area contributed by atoms with Crippen LogP contribution < -0.4 is 5.73 Å². The summed E-state index contributed by atoms with van der Waals surface area (Å²) in [5, 5.41) is 9.09. The Bertz CT molecular complexity index is 500. The summed E-state index contributed by atoms with van der Waals surface area (Å²) >= 11 is 0. The Morgan fingerprint density at radius 3 is 2.70 bits per heavy atom. The zero-order valence-corrected chi connectivity index (χ0v) is 11.6. The highest BCUT2D eigenvalue weighted by molar-refractivity contribution is 5.89. The van der Waals surface area contributed by atoms with Gasteiger partial charge in [-0.2, -0.15) is 0 Å². The van der Waals surface area contributed by atoms with Gasteiger partial charge in [0.2, 0.25) is 5.91 Å². The minimum absolute atomic E-state index is 0.169. The third-order valence-corrected chi connectivity index (χ3v) is 3.08. The van der Waals surface area contributed by atoms with Crippen molar-refractivity contribution in [1.29, 1.82) is 0 Å². The standard InChI is InChI=1S/C15H20N2O3/c1-3-6-13(16)14(18)17(2)10-9-11-7-4-5-8-12(11)15(19)20/h3-5,7-8,13H,1,6,9-10,16H2,2H3,(H,19,20). The van der Waals surface area contributed by atoms with Crippen molar-refractivity contribution < 1.29 is 14.7 Å². The van der Waals surface area contributed by atoms with Gasteiger partial charge in [0, 0.05) is 13.6 Å². The molecule has 108 valence electrons. The third-order valence-electron chi connectivity index (χ3n) is 3.08. The van der Waals surface area contributed by atoms with Gasteiger partial charge in [-0.25, -0.2) is 4.79 Å². The maximum Gasteiger partial charge on any atom is 0.335 e. The Kier molecular flexibility index (Phi) is 5.93. The molecule has 0 saturated carbocycles. The first kappa shape index (κ1) is 15.9. The predicted octanol–water partition coefficient (Wildman–Crippen LogP) is 1.29. The minimum Gasteiger partial charge on any atom is -0.478 e. The van der Waals surface area contributed by atoms with E-state index >= 15 is 0 Å². The molecule has 1 rings (SSSR count). The van der Waals surface area contributed by atoms with Crippen LogP contribution >= 0.6 is 0 Å². The van der Waals surface area contributed by atoms with Gasteiger partial charge in [-0.3, -0.25) is 4.79 Å². The van der Waals surface area contributed by atoms with Gasteiger partial charge in [0.15, 0.2) is 0 Å². The molecule has 0 fully saturated rings. The van der Waals surface area contributed by atoms with Crippen LogP contribution in [0.3, 0.4) is 0 Å². The largest absolute Gasteiger partial charge is 0.478 e. The number of nitrogens with zero attached hydrogens (tertiary/aromatic N) is 1. The summed E-state index contributed by atoms with van der Waals surface area (Å²) in [6, 6.07) is 6.19. The van der Waals surface area contributed by atoms with Crippen LogP contribution in [0.4, 0.5) is 0 Å². The molecule has 0 saturated heterocycles. The molecule has 0 heterocycles. The molecular weight excluding hydrogens is 256 g/mol. The van der Waals surface area contributed by atoms with E-state index < -0.39 is 12.0 Å². The van der Waals surface area contributed by atoms with Crippen LogP contribution in [-0.2, 0) is 11.2 Å². The lowest BCUT2D eigenvalue weighted by molar-refractivity contribution is -0.131. The van der Waals surface area contributed by atoms with Crippen molar-refractivity contribution in [3.05, 3.63) is 48.0 Å². The first-order valence-corrected chi connectivity index (χ1v) is 6.40. The second kappa shape index (κ2) is 7.45. The number of likely N-dealkylation sites (N-methyl/N-ethyl adjacent to an activating group) is 1. The van der Waals surface area contributed by atoms with E-state index in [0.717, 1.165) is 0 Å². The number of amides is 1. The highest BCUT2D eigenvalue weighted by atomic mass is 16.4. The van der Waals surface area contributed by atoms with Crippen LogP contribution in [0, 0.1) is 0 Å². The number of carbonyl (C=O) groups is 2. The quantitative estimate of drug-likeness (QED) is 0.735. The summed E-state index contributed by atoms with van der Waals surface area (Å²) in [7, 11) is 1.66. The van der Waals surface area contributed by atoms with E-state index in [9.17, 15) is 9.59 Å². The van der Waals surface area contributed by atoms with Gasteiger partial charge in [-0.15, -0.1) is 6.58 Å². The Balaban J connectivity index is 2.65. The van der Waals surface area contributed by atoms with Crippen LogP contribution in [-0.4, -0.2) is 41.5 Å². The molecule has 5 heteroatoms. The van der Waals surface area contributed by atoms with E-state index in [2.05, 4.69) is 6.58 Å². The molecule has 0 spiro atoms. The first-order valence-electron chi connectivity index (χ1n) is 6.40. The molecular formula is C15H20N2O3. The number of hydrogen-bond acceptors (Lipinski definition) is 3. The Morgan fingerprint density at radius 1 is 1.45 bits per heavy atom. The topological polar surface area (TPSA) is 83.6 Å². The molecule has 1 atom stereocenters. The van der Waals surface area contributed by atoms with Crippen LogP contribution in [0.1, 0.15) is 22.3 Å². The van der Waals surface area contributed by atoms with Gasteiger partial charge in [-0.05, 0) is 24.5 Å². The molecule has 1 aromatic carbocycles. The van der Waals surface area contributed by atoms with E-state index in [4.69, 9.17) is 10.8 Å². The van der Waals surface area contributed by atoms with Crippen LogP contribution in [0.25, 0.3) is 0 Å². The SMILES string of the molecule is C=CCC(N)C(=O)N(C)CCc1ccccc1C(=O)O. The molecule has 1 unspecified atom stereocenters. The molecule has 1 amide bonds. The molecule has 0 bridgehead atoms. The minimum atomic E-state index is -0.960. The van der Waals surface area contributed by atoms with Crippen molar-refractivity contribution in [2.75, 3.05) is 13.6 Å². The molecule has 0 aliphatic rings. The van der Waals surface area contributed by atoms with E-state index in [1.165, 1.54) is 4.90 Å². The lowest BCUT2D eigenvalue weighted by atomic mass is 10.0. The summed E-state index contributed by atoms with van der Waals surface area (Å²) in [6.45, 7) is 3.98. The van der Waals surface area contributed by atoms with Crippen LogP contribution in [0.2, 0.25) is 0 Å². The van der Waals surface area contributed by atoms with Crippen molar-refractivity contribution >= 4 is 11.9 Å². The lowest BCUT2D eigenvalue weighted by Gasteiger charge is -2.21. The molecule has 0 aliphatic heterocycles. The maximum absolute atomic E-state index is 11.9. The number of aromatic carboxylic acids is 1. The lowest BCUT2D eigenvalue weighted by Crippen LogP contribution is -2.42. The third kappa shape index (κ3) is 4.20. The Morgan fingerprint density at radius 2 is 2.10 bits per heavy atom. The second-order valence-electron chi connectivity index (χ2n) is 4.60. The van der Waals surface area contributed by atoms with E-state index in [0.29, 0.717) is 24.9 Å². The smallest absolute Gasteiger partial charge is 0.335 e. The van der Waals surface area contributed by atoms with Crippen molar-refractivity contribution in [1.82, 2.24) is 4.90 Å². The monoisotopic (exact) mass is 276 g/mol. The predicted molar refractivity (Wildman–Crippen MR) is 77.5 cm³/mol. The summed E-state index contributed by atoms with van der Waals surface area (Å²) in [5.41, 5.74) is 6.69. The van der Waals surface area contributed by atoms with Gasteiger partial charge >= 0.3 is 5.97 Å². The van der Waals surface area contributed by atoms with E-state index in [1.807, 2.05) is 0 Å². The van der Waals surface area contributed by atoms with Gasteiger partial charge in [-0.1, -0.05) is 24.3 Å². The number of nitrogens with two attached hydrogens (primary N) is 1. The fourth-order valence-corrected chi connectivity index (χ4v) is 1.91. The fourth-order valence-electron chi connectivity index (χ4n) is 1.91. The van der Waals surface area contributed by atoms with Gasteiger partial charge in [0.1, 0.15) is 0 Å². The van der Waals surface area contributed by atoms with E-state index in [-0.39, 0.29) is 11.5 Å². The number of benzene rings is 1. The molecule has 0 radical (unpaired) electrons. The Labute approximate surface area is 118 Å². The summed E-state index contributed by atoms with van der Waals surface area (Å²) < 4.78 is 0. The number of carboxylic acid groups (broad SMARTS) is 1. The first-order chi connectivity index (χ1) is 9.47. The Hall–Kier alpha value is -2.14. The zero-order chi connectivity index (χ0) is 15.1. The molecule has 3 N–H and O–H groups in total. The van der Waals surface area contributed by atoms with Crippen molar-refractivity contribution in [2.45, 2.75) is 18.9 Å². The number of carbonyl (C=O) groups excluding carboxylic acids is 1. The van der Waals surface area contributed by atoms with Gasteiger partial charge in [0.05, 0.1) is 11.6 Å². The van der Waals surface area contributed by atoms with Crippen molar-refractivity contribution in [3.8, 4) is 0 Å². The molecule has 1 aromatic rings. The zero-order valence-electron chi connectivity index (χ0n) is 11.6. The number of rotatable bonds is 7. The summed E-state index contributed by atoms with van der Waals surface area (Å²) in [6.07, 6.45) is 2.51. The second-order valence-corrected chi connectivity index (χ2v) is 4.60. The van der Waals surface area contributed by atoms with Crippen LogP contribution in [0.5, 0.6) is 0 Å². The number of hydrogen-bond donors (Lipinski definition) is 2. The summed E-state index contributed by atoms with van der Waals surface area (Å²) in [4.78, 5) is 24.5. The average molecular weight is 276 g/mol. The molecule has 5 nitrogen and oxygen atoms in total. The van der Waals surface area contributed by atoms with Gasteiger partial charge < -0.3 is 15.7 Å². The van der Waals surface area contributed by atoms with E-state index in [1.54, 1.807) is 37.4 Å². The van der Waals surface area contributed by atoms with Crippen LogP contribution in [0.15, 0.2) is 36.9 Å². The van der Waals surface area contributed by atoms with Gasteiger partial charge in [0.25, 0.3) is 0 Å². The highest BCUT2D eigenvalue weighted by Gasteiger charge is 2.17. The van der Waals surface area contributed by atoms with Crippen molar-refractivity contribution in [2.24, 2.45) is 5.73 Å². The maximum atomic E-state index is 11.9. The average Bonchev–Trinajstić information content (AvgIpc) is 2.44.